The van der Waals surface area contributed by atoms with Gasteiger partial charge in [0, 0.05) is 9.26 Å². The SMILES string of the molecule is Cc1cc(I)ccc1Nc1cccc(Cl)c1C(=O)O. The van der Waals surface area contributed by atoms with Gasteiger partial charge in [0.25, 0.3) is 0 Å². The molecule has 19 heavy (non-hydrogen) atoms. The van der Waals surface area contributed by atoms with Crippen molar-refractivity contribution in [2.24, 2.45) is 0 Å². The quantitative estimate of drug-likeness (QED) is 0.751. The van der Waals surface area contributed by atoms with Crippen LogP contribution in [0.2, 0.25) is 5.02 Å². The Morgan fingerprint density at radius 2 is 2.00 bits per heavy atom. The van der Waals surface area contributed by atoms with Crippen molar-refractivity contribution in [1.82, 2.24) is 0 Å². The molecule has 0 bridgehead atoms. The van der Waals surface area contributed by atoms with Gasteiger partial charge >= 0.3 is 5.97 Å². The fourth-order valence-corrected chi connectivity index (χ4v) is 2.66. The zero-order valence-electron chi connectivity index (χ0n) is 10.1. The summed E-state index contributed by atoms with van der Waals surface area (Å²) < 4.78 is 1.13. The molecule has 2 aromatic carbocycles. The van der Waals surface area contributed by atoms with Crippen LogP contribution in [0.15, 0.2) is 36.4 Å². The van der Waals surface area contributed by atoms with Crippen molar-refractivity contribution in [3.05, 3.63) is 56.1 Å². The summed E-state index contributed by atoms with van der Waals surface area (Å²) >= 11 is 8.17. The summed E-state index contributed by atoms with van der Waals surface area (Å²) in [7, 11) is 0. The lowest BCUT2D eigenvalue weighted by atomic mass is 10.1. The summed E-state index contributed by atoms with van der Waals surface area (Å²) in [4.78, 5) is 11.2. The molecule has 0 saturated carbocycles. The van der Waals surface area contributed by atoms with Gasteiger partial charge in [-0.1, -0.05) is 17.7 Å². The average Bonchev–Trinajstić information content (AvgIpc) is 2.32. The van der Waals surface area contributed by atoms with Crippen LogP contribution in [0.4, 0.5) is 11.4 Å². The first-order chi connectivity index (χ1) is 8.99. The molecule has 2 N–H and O–H groups in total. The molecule has 0 aliphatic heterocycles. The minimum atomic E-state index is -1.05. The number of halogens is 2. The average molecular weight is 388 g/mol. The fraction of sp³-hybridized carbons (Fsp3) is 0.0714. The molecule has 0 aliphatic rings. The van der Waals surface area contributed by atoms with E-state index in [4.69, 9.17) is 11.6 Å². The highest BCUT2D eigenvalue weighted by Gasteiger charge is 2.14. The Labute approximate surface area is 129 Å². The zero-order valence-corrected chi connectivity index (χ0v) is 13.0. The summed E-state index contributed by atoms with van der Waals surface area (Å²) in [5.41, 5.74) is 2.49. The third kappa shape index (κ3) is 3.19. The maximum Gasteiger partial charge on any atom is 0.339 e. The molecule has 0 aliphatic carbocycles. The van der Waals surface area contributed by atoms with Crippen LogP contribution in [-0.2, 0) is 0 Å². The number of anilines is 2. The minimum Gasteiger partial charge on any atom is -0.478 e. The van der Waals surface area contributed by atoms with E-state index in [2.05, 4.69) is 27.9 Å². The summed E-state index contributed by atoms with van der Waals surface area (Å²) in [6.45, 7) is 1.97. The highest BCUT2D eigenvalue weighted by molar-refractivity contribution is 14.1. The van der Waals surface area contributed by atoms with Crippen LogP contribution in [0.3, 0.4) is 0 Å². The second-order valence-electron chi connectivity index (χ2n) is 4.05. The number of benzene rings is 2. The molecule has 0 saturated heterocycles. The molecule has 3 nitrogen and oxygen atoms in total. The van der Waals surface area contributed by atoms with Crippen molar-refractivity contribution >= 4 is 51.5 Å². The largest absolute Gasteiger partial charge is 0.478 e. The standard InChI is InChI=1S/C14H11ClINO2/c1-8-7-9(16)5-6-11(8)17-12-4-2-3-10(15)13(12)14(18)19/h2-7,17H,1H3,(H,18,19). The molecule has 0 spiro atoms. The molecule has 0 heterocycles. The van der Waals surface area contributed by atoms with Crippen molar-refractivity contribution in [3.63, 3.8) is 0 Å². The van der Waals surface area contributed by atoms with E-state index in [1.165, 1.54) is 0 Å². The summed E-state index contributed by atoms with van der Waals surface area (Å²) in [6.07, 6.45) is 0. The van der Waals surface area contributed by atoms with Gasteiger partial charge in [0.2, 0.25) is 0 Å². The predicted octanol–water partition coefficient (Wildman–Crippen LogP) is 4.69. The van der Waals surface area contributed by atoms with E-state index >= 15 is 0 Å². The first kappa shape index (κ1) is 14.1. The molecule has 0 fully saturated rings. The van der Waals surface area contributed by atoms with Gasteiger partial charge in [-0.05, 0) is 65.4 Å². The van der Waals surface area contributed by atoms with Crippen LogP contribution in [0, 0.1) is 10.5 Å². The monoisotopic (exact) mass is 387 g/mol. The van der Waals surface area contributed by atoms with Crippen LogP contribution in [0.25, 0.3) is 0 Å². The highest BCUT2D eigenvalue weighted by Crippen LogP contribution is 2.29. The summed E-state index contributed by atoms with van der Waals surface area (Å²) in [6, 6.07) is 10.9. The van der Waals surface area contributed by atoms with Gasteiger partial charge in [-0.25, -0.2) is 4.79 Å². The second kappa shape index (κ2) is 5.79. The van der Waals surface area contributed by atoms with Crippen molar-refractivity contribution in [2.45, 2.75) is 6.92 Å². The van der Waals surface area contributed by atoms with Gasteiger partial charge in [0.05, 0.1) is 10.7 Å². The lowest BCUT2D eigenvalue weighted by molar-refractivity contribution is 0.0698. The number of hydrogen-bond acceptors (Lipinski definition) is 2. The molecule has 0 amide bonds. The van der Waals surface area contributed by atoms with Crippen molar-refractivity contribution in [1.29, 1.82) is 0 Å². The maximum atomic E-state index is 11.2. The molecule has 0 radical (unpaired) electrons. The number of nitrogens with one attached hydrogen (secondary N) is 1. The first-order valence-electron chi connectivity index (χ1n) is 5.54. The molecule has 2 rings (SSSR count). The number of carboxylic acids is 1. The van der Waals surface area contributed by atoms with Crippen molar-refractivity contribution in [2.75, 3.05) is 5.32 Å². The molecule has 0 unspecified atom stereocenters. The Morgan fingerprint density at radius 3 is 2.63 bits per heavy atom. The molecule has 0 atom stereocenters. The van der Waals surface area contributed by atoms with Gasteiger partial charge in [-0.15, -0.1) is 0 Å². The van der Waals surface area contributed by atoms with Crippen molar-refractivity contribution < 1.29 is 9.90 Å². The van der Waals surface area contributed by atoms with E-state index in [9.17, 15) is 9.90 Å². The van der Waals surface area contributed by atoms with Crippen LogP contribution >= 0.6 is 34.2 Å². The molecule has 5 heteroatoms. The van der Waals surface area contributed by atoms with Gasteiger partial charge in [0.15, 0.2) is 0 Å². The van der Waals surface area contributed by atoms with Gasteiger partial charge < -0.3 is 10.4 Å². The lowest BCUT2D eigenvalue weighted by Gasteiger charge is -2.13. The van der Waals surface area contributed by atoms with Crippen LogP contribution in [-0.4, -0.2) is 11.1 Å². The molecular formula is C14H11ClINO2. The van der Waals surface area contributed by atoms with Crippen molar-refractivity contribution in [3.8, 4) is 0 Å². The summed E-state index contributed by atoms with van der Waals surface area (Å²) in [5, 5.41) is 12.6. The van der Waals surface area contributed by atoms with Gasteiger partial charge in [0.1, 0.15) is 5.56 Å². The van der Waals surface area contributed by atoms with Gasteiger partial charge in [-0.3, -0.25) is 0 Å². The third-order valence-electron chi connectivity index (χ3n) is 2.69. The molecule has 98 valence electrons. The van der Waals surface area contributed by atoms with E-state index < -0.39 is 5.97 Å². The molecular weight excluding hydrogens is 377 g/mol. The Balaban J connectivity index is 2.44. The van der Waals surface area contributed by atoms with E-state index in [1.54, 1.807) is 18.2 Å². The van der Waals surface area contributed by atoms with E-state index in [-0.39, 0.29) is 10.6 Å². The first-order valence-corrected chi connectivity index (χ1v) is 6.99. The lowest BCUT2D eigenvalue weighted by Crippen LogP contribution is -2.04. The van der Waals surface area contributed by atoms with Crippen LogP contribution < -0.4 is 5.32 Å². The topological polar surface area (TPSA) is 49.3 Å². The van der Waals surface area contributed by atoms with E-state index in [0.717, 1.165) is 14.8 Å². The number of carbonyl (C=O) groups is 1. The second-order valence-corrected chi connectivity index (χ2v) is 5.70. The smallest absolute Gasteiger partial charge is 0.339 e. The summed E-state index contributed by atoms with van der Waals surface area (Å²) in [5.74, 6) is -1.05. The van der Waals surface area contributed by atoms with E-state index in [0.29, 0.717) is 5.69 Å². The van der Waals surface area contributed by atoms with Crippen LogP contribution in [0.1, 0.15) is 15.9 Å². The predicted molar refractivity (Wildman–Crippen MR) is 85.6 cm³/mol. The Kier molecular flexibility index (Phi) is 4.31. The Bertz CT molecular complexity index is 643. The maximum absolute atomic E-state index is 11.2. The highest BCUT2D eigenvalue weighted by atomic mass is 127. The molecule has 2 aromatic rings. The normalized spacial score (nSPS) is 10.3. The Hall–Kier alpha value is -1.27. The number of hydrogen-bond donors (Lipinski definition) is 2. The number of rotatable bonds is 3. The minimum absolute atomic E-state index is 0.0853. The van der Waals surface area contributed by atoms with Crippen LogP contribution in [0.5, 0.6) is 0 Å². The fourth-order valence-electron chi connectivity index (χ4n) is 1.76. The third-order valence-corrected chi connectivity index (χ3v) is 3.67. The zero-order chi connectivity index (χ0) is 14.0. The number of aryl methyl sites for hydroxylation is 1. The Morgan fingerprint density at radius 1 is 1.26 bits per heavy atom. The van der Waals surface area contributed by atoms with Gasteiger partial charge in [-0.2, -0.15) is 0 Å². The molecule has 0 aromatic heterocycles. The number of carboxylic acid groups (broad SMARTS) is 1. The van der Waals surface area contributed by atoms with E-state index in [1.807, 2.05) is 25.1 Å². The number of aromatic carboxylic acids is 1.